The van der Waals surface area contributed by atoms with Crippen molar-refractivity contribution in [2.75, 3.05) is 6.54 Å². The Labute approximate surface area is 183 Å². The van der Waals surface area contributed by atoms with E-state index >= 15 is 0 Å². The van der Waals surface area contributed by atoms with E-state index in [0.717, 1.165) is 83.0 Å². The number of aromatic amines is 2. The molecule has 31 heavy (non-hydrogen) atoms. The summed E-state index contributed by atoms with van der Waals surface area (Å²) < 4.78 is 0. The Hall–Kier alpha value is -3.15. The molecule has 162 valence electrons. The number of aliphatic imine (C=N–C) groups is 1. The van der Waals surface area contributed by atoms with Gasteiger partial charge in [0.25, 0.3) is 5.91 Å². The lowest BCUT2D eigenvalue weighted by molar-refractivity contribution is -0.116. The maximum absolute atomic E-state index is 13.2. The van der Waals surface area contributed by atoms with E-state index in [1.807, 2.05) is 27.7 Å². The molecular formula is C25H31N5O. The molecule has 0 aromatic carbocycles. The van der Waals surface area contributed by atoms with Crippen LogP contribution in [0.5, 0.6) is 0 Å². The van der Waals surface area contributed by atoms with Crippen LogP contribution < -0.4 is 5.32 Å². The summed E-state index contributed by atoms with van der Waals surface area (Å²) in [5, 5.41) is 10.6. The number of nitrogens with one attached hydrogen (secondary N) is 3. The molecule has 1 aliphatic carbocycles. The second-order valence-electron chi connectivity index (χ2n) is 8.64. The van der Waals surface area contributed by atoms with Crippen molar-refractivity contribution < 1.29 is 4.79 Å². The van der Waals surface area contributed by atoms with Gasteiger partial charge < -0.3 is 10.3 Å². The van der Waals surface area contributed by atoms with E-state index in [1.165, 1.54) is 11.3 Å². The molecule has 6 nitrogen and oxygen atoms in total. The maximum atomic E-state index is 13.2. The van der Waals surface area contributed by atoms with Crippen molar-refractivity contribution in [3.63, 3.8) is 0 Å². The van der Waals surface area contributed by atoms with Gasteiger partial charge in [-0.1, -0.05) is 5.57 Å². The van der Waals surface area contributed by atoms with Crippen molar-refractivity contribution in [3.05, 3.63) is 57.2 Å². The number of fused-ring (bicyclic) bond motifs is 1. The summed E-state index contributed by atoms with van der Waals surface area (Å²) in [7, 11) is 0. The number of H-pyrrole nitrogens is 2. The summed E-state index contributed by atoms with van der Waals surface area (Å²) in [6.45, 7) is 10.9. The molecule has 0 radical (unpaired) electrons. The highest BCUT2D eigenvalue weighted by molar-refractivity contribution is 6.07. The zero-order chi connectivity index (χ0) is 22.1. The third-order valence-electron chi connectivity index (χ3n) is 6.27. The van der Waals surface area contributed by atoms with Crippen LogP contribution in [0.2, 0.25) is 0 Å². The number of aromatic nitrogens is 3. The number of amides is 1. The Morgan fingerprint density at radius 1 is 1.06 bits per heavy atom. The van der Waals surface area contributed by atoms with Crippen molar-refractivity contribution in [2.24, 2.45) is 4.99 Å². The summed E-state index contributed by atoms with van der Waals surface area (Å²) in [5.74, 6) is -0.0244. The molecule has 3 N–H and O–H groups in total. The van der Waals surface area contributed by atoms with E-state index in [-0.39, 0.29) is 5.91 Å². The van der Waals surface area contributed by atoms with Crippen LogP contribution in [-0.2, 0) is 11.2 Å². The van der Waals surface area contributed by atoms with E-state index in [1.54, 1.807) is 0 Å². The molecule has 1 amide bonds. The van der Waals surface area contributed by atoms with Crippen LogP contribution >= 0.6 is 0 Å². The SMILES string of the molecule is CC1=C/C(NC(=O)C2=C(C)C(C)=NCCC2)=C\c2cc(-c3c(C)n[nH]c3C)[nH]c2CC1. The third-order valence-corrected chi connectivity index (χ3v) is 6.27. The quantitative estimate of drug-likeness (QED) is 0.660. The highest BCUT2D eigenvalue weighted by atomic mass is 16.1. The largest absolute Gasteiger partial charge is 0.358 e. The lowest BCUT2D eigenvalue weighted by Gasteiger charge is -2.14. The van der Waals surface area contributed by atoms with Crippen LogP contribution in [0.15, 0.2) is 39.6 Å². The van der Waals surface area contributed by atoms with Gasteiger partial charge in [-0.25, -0.2) is 0 Å². The van der Waals surface area contributed by atoms with E-state index in [9.17, 15) is 4.79 Å². The van der Waals surface area contributed by atoms with E-state index in [0.29, 0.717) is 0 Å². The molecule has 3 heterocycles. The van der Waals surface area contributed by atoms with Crippen LogP contribution in [0.3, 0.4) is 0 Å². The molecule has 1 aliphatic heterocycles. The van der Waals surface area contributed by atoms with Gasteiger partial charge in [0.05, 0.1) is 5.69 Å². The van der Waals surface area contributed by atoms with Crippen molar-refractivity contribution in [1.29, 1.82) is 0 Å². The van der Waals surface area contributed by atoms with Crippen LogP contribution in [0.1, 0.15) is 62.7 Å². The molecule has 0 atom stereocenters. The molecule has 0 bridgehead atoms. The van der Waals surface area contributed by atoms with E-state index in [2.05, 4.69) is 50.6 Å². The molecule has 4 rings (SSSR count). The fourth-order valence-corrected chi connectivity index (χ4v) is 4.39. The lowest BCUT2D eigenvalue weighted by Crippen LogP contribution is -2.25. The van der Waals surface area contributed by atoms with E-state index < -0.39 is 0 Å². The number of hydrogen-bond donors (Lipinski definition) is 3. The van der Waals surface area contributed by atoms with Gasteiger partial charge in [0.15, 0.2) is 0 Å². The zero-order valence-electron chi connectivity index (χ0n) is 19.1. The summed E-state index contributed by atoms with van der Waals surface area (Å²) in [4.78, 5) is 21.3. The van der Waals surface area contributed by atoms with Crippen molar-refractivity contribution in [1.82, 2.24) is 20.5 Å². The normalized spacial score (nSPS) is 18.8. The van der Waals surface area contributed by atoms with Crippen LogP contribution in [-0.4, -0.2) is 33.3 Å². The lowest BCUT2D eigenvalue weighted by atomic mass is 10.00. The molecule has 2 aromatic heterocycles. The van der Waals surface area contributed by atoms with Gasteiger partial charge in [-0.2, -0.15) is 5.10 Å². The number of nitrogens with zero attached hydrogens (tertiary/aromatic N) is 2. The molecule has 2 aromatic rings. The van der Waals surface area contributed by atoms with E-state index in [4.69, 9.17) is 0 Å². The average molecular weight is 418 g/mol. The molecule has 0 saturated carbocycles. The standard InChI is InChI=1S/C25H31N5O/c1-14-8-9-22-19(13-23(28-22)24-17(4)29-30-18(24)5)12-20(11-14)27-25(31)21-7-6-10-26-16(3)15(21)2/h11-13,28H,6-10H2,1-5H3,(H,27,31)(H,29,30)/b14-11?,20-12+. The van der Waals surface area contributed by atoms with Crippen molar-refractivity contribution in [3.8, 4) is 11.3 Å². The van der Waals surface area contributed by atoms with Gasteiger partial charge in [-0.05, 0) is 89.7 Å². The fourth-order valence-electron chi connectivity index (χ4n) is 4.39. The zero-order valence-corrected chi connectivity index (χ0v) is 19.1. The summed E-state index contributed by atoms with van der Waals surface area (Å²) >= 11 is 0. The number of carbonyl (C=O) groups is 1. The topological polar surface area (TPSA) is 85.9 Å². The van der Waals surface area contributed by atoms with Gasteiger partial charge >= 0.3 is 0 Å². The van der Waals surface area contributed by atoms with Gasteiger partial charge in [0.1, 0.15) is 0 Å². The number of rotatable bonds is 3. The van der Waals surface area contributed by atoms with Crippen molar-refractivity contribution >= 4 is 17.7 Å². The molecule has 0 spiro atoms. The maximum Gasteiger partial charge on any atom is 0.251 e. The van der Waals surface area contributed by atoms with Gasteiger partial charge in [0.2, 0.25) is 0 Å². The Kier molecular flexibility index (Phi) is 5.81. The summed E-state index contributed by atoms with van der Waals surface area (Å²) in [6.07, 6.45) is 7.71. The Morgan fingerprint density at radius 2 is 1.87 bits per heavy atom. The fraction of sp³-hybridized carbons (Fsp3) is 0.400. The van der Waals surface area contributed by atoms with Gasteiger partial charge in [0, 0.05) is 46.2 Å². The first-order valence-electron chi connectivity index (χ1n) is 11.0. The molecule has 6 heteroatoms. The summed E-state index contributed by atoms with van der Waals surface area (Å²) in [6, 6.07) is 2.16. The minimum atomic E-state index is -0.0244. The predicted octanol–water partition coefficient (Wildman–Crippen LogP) is 4.94. The first-order chi connectivity index (χ1) is 14.8. The van der Waals surface area contributed by atoms with Gasteiger partial charge in [-0.3, -0.25) is 14.9 Å². The molecule has 0 unspecified atom stereocenters. The van der Waals surface area contributed by atoms with Crippen molar-refractivity contribution in [2.45, 2.75) is 60.3 Å². The highest BCUT2D eigenvalue weighted by Gasteiger charge is 2.19. The Morgan fingerprint density at radius 3 is 2.61 bits per heavy atom. The molecular weight excluding hydrogens is 386 g/mol. The minimum absolute atomic E-state index is 0.0244. The number of aryl methyl sites for hydroxylation is 3. The van der Waals surface area contributed by atoms with Crippen LogP contribution in [0.25, 0.3) is 17.3 Å². The first kappa shape index (κ1) is 21.1. The number of allylic oxidation sites excluding steroid dienone is 3. The predicted molar refractivity (Wildman–Crippen MR) is 126 cm³/mol. The minimum Gasteiger partial charge on any atom is -0.358 e. The monoisotopic (exact) mass is 417 g/mol. The first-order valence-corrected chi connectivity index (χ1v) is 11.0. The molecule has 2 aliphatic rings. The highest BCUT2D eigenvalue weighted by Crippen LogP contribution is 2.30. The van der Waals surface area contributed by atoms with Crippen LogP contribution in [0, 0.1) is 13.8 Å². The smallest absolute Gasteiger partial charge is 0.251 e. The Balaban J connectivity index is 1.68. The van der Waals surface area contributed by atoms with Crippen LogP contribution in [0.4, 0.5) is 0 Å². The Bertz CT molecular complexity index is 1130. The second kappa shape index (κ2) is 8.53. The number of carbonyl (C=O) groups excluding carboxylic acids is 1. The molecule has 0 fully saturated rings. The second-order valence-corrected chi connectivity index (χ2v) is 8.64. The third kappa shape index (κ3) is 4.33. The molecule has 0 saturated heterocycles. The van der Waals surface area contributed by atoms with Gasteiger partial charge in [-0.15, -0.1) is 0 Å². The summed E-state index contributed by atoms with van der Waals surface area (Å²) in [5.41, 5.74) is 11.4. The average Bonchev–Trinajstić information content (AvgIpc) is 3.20. The number of hydrogen-bond acceptors (Lipinski definition) is 3.